The summed E-state index contributed by atoms with van der Waals surface area (Å²) in [6.07, 6.45) is 2.31. The number of nitrogens with two attached hydrogens (primary N) is 1. The van der Waals surface area contributed by atoms with Gasteiger partial charge in [-0.05, 0) is 31.9 Å². The van der Waals surface area contributed by atoms with Gasteiger partial charge in [0.2, 0.25) is 5.91 Å². The van der Waals surface area contributed by atoms with Crippen molar-refractivity contribution in [3.8, 4) is 0 Å². The molecule has 0 saturated heterocycles. The first kappa shape index (κ1) is 13.8. The second-order valence-electron chi connectivity index (χ2n) is 4.79. The summed E-state index contributed by atoms with van der Waals surface area (Å²) in [5.74, 6) is 1.08. The van der Waals surface area contributed by atoms with Gasteiger partial charge >= 0.3 is 0 Å². The molecule has 6 heteroatoms. The molecule has 3 rings (SSSR count). The molecular formula is C13H16ClN3O2. The molecule has 1 aromatic heterocycles. The fourth-order valence-corrected chi connectivity index (χ4v) is 1.78. The number of aromatic nitrogens is 1. The number of hydrogen-bond donors (Lipinski definition) is 2. The van der Waals surface area contributed by atoms with E-state index in [-0.39, 0.29) is 18.3 Å². The van der Waals surface area contributed by atoms with Gasteiger partial charge in [-0.2, -0.15) is 0 Å². The molecule has 0 radical (unpaired) electrons. The number of anilines is 1. The van der Waals surface area contributed by atoms with Crippen LogP contribution in [0.3, 0.4) is 0 Å². The summed E-state index contributed by atoms with van der Waals surface area (Å²) in [6.45, 7) is 1.65. The highest BCUT2D eigenvalue weighted by Gasteiger charge is 2.28. The first-order chi connectivity index (χ1) is 8.63. The SMILES string of the molecule is C[C@@H](N)C(=O)Nc1ccc2nc(C3CC3)oc2c1.Cl. The van der Waals surface area contributed by atoms with Crippen LogP contribution in [-0.4, -0.2) is 16.9 Å². The Labute approximate surface area is 117 Å². The zero-order valence-corrected chi connectivity index (χ0v) is 11.4. The number of oxazole rings is 1. The normalized spacial score (nSPS) is 15.9. The monoisotopic (exact) mass is 281 g/mol. The first-order valence-corrected chi connectivity index (χ1v) is 6.10. The highest BCUT2D eigenvalue weighted by molar-refractivity contribution is 5.95. The molecule has 19 heavy (non-hydrogen) atoms. The van der Waals surface area contributed by atoms with E-state index in [1.165, 1.54) is 0 Å². The van der Waals surface area contributed by atoms with Gasteiger partial charge in [0.15, 0.2) is 11.5 Å². The summed E-state index contributed by atoms with van der Waals surface area (Å²) < 4.78 is 5.68. The van der Waals surface area contributed by atoms with Crippen LogP contribution < -0.4 is 11.1 Å². The fourth-order valence-electron chi connectivity index (χ4n) is 1.78. The van der Waals surface area contributed by atoms with Crippen LogP contribution >= 0.6 is 12.4 Å². The molecule has 1 aromatic carbocycles. The first-order valence-electron chi connectivity index (χ1n) is 6.10. The maximum Gasteiger partial charge on any atom is 0.241 e. The van der Waals surface area contributed by atoms with E-state index in [2.05, 4.69) is 10.3 Å². The van der Waals surface area contributed by atoms with Gasteiger partial charge in [0.25, 0.3) is 0 Å². The van der Waals surface area contributed by atoms with Gasteiger partial charge < -0.3 is 15.5 Å². The van der Waals surface area contributed by atoms with Crippen molar-refractivity contribution in [3.05, 3.63) is 24.1 Å². The molecule has 0 aliphatic heterocycles. The Morgan fingerprint density at radius 1 is 1.53 bits per heavy atom. The Bertz CT molecular complexity index is 605. The minimum atomic E-state index is -0.530. The van der Waals surface area contributed by atoms with Crippen molar-refractivity contribution >= 4 is 35.1 Å². The van der Waals surface area contributed by atoms with Gasteiger partial charge in [0.1, 0.15) is 5.52 Å². The lowest BCUT2D eigenvalue weighted by Gasteiger charge is -2.06. The molecule has 1 saturated carbocycles. The smallest absolute Gasteiger partial charge is 0.241 e. The number of rotatable bonds is 3. The van der Waals surface area contributed by atoms with Gasteiger partial charge in [-0.3, -0.25) is 4.79 Å². The van der Waals surface area contributed by atoms with Crippen LogP contribution in [0.1, 0.15) is 31.6 Å². The number of carbonyl (C=O) groups is 1. The second kappa shape index (κ2) is 5.19. The summed E-state index contributed by atoms with van der Waals surface area (Å²) in [4.78, 5) is 15.9. The van der Waals surface area contributed by atoms with E-state index in [0.29, 0.717) is 17.2 Å². The van der Waals surface area contributed by atoms with E-state index in [9.17, 15) is 4.79 Å². The molecule has 102 valence electrons. The predicted molar refractivity (Wildman–Crippen MR) is 75.5 cm³/mol. The van der Waals surface area contributed by atoms with Gasteiger partial charge in [0.05, 0.1) is 6.04 Å². The zero-order chi connectivity index (χ0) is 12.7. The van der Waals surface area contributed by atoms with Gasteiger partial charge in [-0.25, -0.2) is 4.98 Å². The van der Waals surface area contributed by atoms with Crippen LogP contribution in [0.15, 0.2) is 22.6 Å². The highest BCUT2D eigenvalue weighted by atomic mass is 35.5. The molecule has 2 aromatic rings. The van der Waals surface area contributed by atoms with Crippen molar-refractivity contribution in [2.24, 2.45) is 5.73 Å². The number of hydrogen-bond acceptors (Lipinski definition) is 4. The van der Waals surface area contributed by atoms with Crippen molar-refractivity contribution < 1.29 is 9.21 Å². The third kappa shape index (κ3) is 2.88. The Balaban J connectivity index is 0.00000133. The lowest BCUT2D eigenvalue weighted by molar-refractivity contribution is -0.117. The van der Waals surface area contributed by atoms with Gasteiger partial charge in [0, 0.05) is 17.7 Å². The van der Waals surface area contributed by atoms with Crippen molar-refractivity contribution in [1.29, 1.82) is 0 Å². The molecule has 1 aliphatic carbocycles. The van der Waals surface area contributed by atoms with Crippen molar-refractivity contribution in [1.82, 2.24) is 4.98 Å². The lowest BCUT2D eigenvalue weighted by Crippen LogP contribution is -2.32. The lowest BCUT2D eigenvalue weighted by atomic mass is 10.2. The Morgan fingerprint density at radius 2 is 2.26 bits per heavy atom. The maximum atomic E-state index is 11.5. The molecule has 5 nitrogen and oxygen atoms in total. The maximum absolute atomic E-state index is 11.5. The van der Waals surface area contributed by atoms with E-state index >= 15 is 0 Å². The third-order valence-electron chi connectivity index (χ3n) is 3.01. The molecule has 1 atom stereocenters. The number of halogens is 1. The van der Waals surface area contributed by atoms with Crippen LogP contribution in [-0.2, 0) is 4.79 Å². The topological polar surface area (TPSA) is 81.2 Å². The minimum absolute atomic E-state index is 0. The summed E-state index contributed by atoms with van der Waals surface area (Å²) in [6, 6.07) is 4.91. The minimum Gasteiger partial charge on any atom is -0.440 e. The standard InChI is InChI=1S/C13H15N3O2.ClH/c1-7(14)12(17)15-9-4-5-10-11(6-9)18-13(16-10)8-2-3-8;/h4-8H,2-3,14H2,1H3,(H,15,17);1H/t7-;/m1./s1. The average Bonchev–Trinajstić information content (AvgIpc) is 3.09. The Kier molecular flexibility index (Phi) is 3.78. The molecule has 1 amide bonds. The van der Waals surface area contributed by atoms with Gasteiger partial charge in [-0.1, -0.05) is 0 Å². The van der Waals surface area contributed by atoms with E-state index < -0.39 is 6.04 Å². The number of nitrogens with one attached hydrogen (secondary N) is 1. The van der Waals surface area contributed by atoms with E-state index in [1.807, 2.05) is 12.1 Å². The second-order valence-corrected chi connectivity index (χ2v) is 4.79. The van der Waals surface area contributed by atoms with Crippen molar-refractivity contribution in [3.63, 3.8) is 0 Å². The predicted octanol–water partition coefficient (Wildman–Crippen LogP) is 2.41. The van der Waals surface area contributed by atoms with Crippen LogP contribution in [0.4, 0.5) is 5.69 Å². The van der Waals surface area contributed by atoms with Crippen LogP contribution in [0.2, 0.25) is 0 Å². The molecule has 3 N–H and O–H groups in total. The fraction of sp³-hybridized carbons (Fsp3) is 0.385. The number of fused-ring (bicyclic) bond motifs is 1. The third-order valence-corrected chi connectivity index (χ3v) is 3.01. The molecule has 1 fully saturated rings. The largest absolute Gasteiger partial charge is 0.440 e. The average molecular weight is 282 g/mol. The van der Waals surface area contributed by atoms with E-state index in [0.717, 1.165) is 24.2 Å². The number of nitrogens with zero attached hydrogens (tertiary/aromatic N) is 1. The summed E-state index contributed by atoms with van der Waals surface area (Å²) in [7, 11) is 0. The van der Waals surface area contributed by atoms with Gasteiger partial charge in [-0.15, -0.1) is 12.4 Å². The number of benzene rings is 1. The van der Waals surface area contributed by atoms with Crippen LogP contribution in [0, 0.1) is 0 Å². The van der Waals surface area contributed by atoms with Crippen molar-refractivity contribution in [2.45, 2.75) is 31.7 Å². The summed E-state index contributed by atoms with van der Waals surface area (Å²) in [5, 5.41) is 2.74. The molecule has 1 aliphatic rings. The number of amides is 1. The molecule has 0 unspecified atom stereocenters. The quantitative estimate of drug-likeness (QED) is 0.905. The molecule has 1 heterocycles. The Morgan fingerprint density at radius 3 is 2.89 bits per heavy atom. The van der Waals surface area contributed by atoms with E-state index in [1.54, 1.807) is 13.0 Å². The summed E-state index contributed by atoms with van der Waals surface area (Å²) in [5.41, 5.74) is 7.72. The highest BCUT2D eigenvalue weighted by Crippen LogP contribution is 2.40. The molecule has 0 bridgehead atoms. The summed E-state index contributed by atoms with van der Waals surface area (Å²) >= 11 is 0. The molecule has 0 spiro atoms. The van der Waals surface area contributed by atoms with Crippen LogP contribution in [0.5, 0.6) is 0 Å². The van der Waals surface area contributed by atoms with Crippen LogP contribution in [0.25, 0.3) is 11.1 Å². The Hall–Kier alpha value is -1.59. The van der Waals surface area contributed by atoms with Crippen molar-refractivity contribution in [2.75, 3.05) is 5.32 Å². The molecular weight excluding hydrogens is 266 g/mol. The van der Waals surface area contributed by atoms with E-state index in [4.69, 9.17) is 10.2 Å². The zero-order valence-electron chi connectivity index (χ0n) is 10.6. The number of carbonyl (C=O) groups excluding carboxylic acids is 1.